The molecule has 0 aliphatic heterocycles. The second-order valence-electron chi connectivity index (χ2n) is 2.96. The van der Waals surface area contributed by atoms with E-state index < -0.39 is 36.4 Å². The predicted molar refractivity (Wildman–Crippen MR) is 41.7 cm³/mol. The fourth-order valence-electron chi connectivity index (χ4n) is 0.524. The highest BCUT2D eigenvalue weighted by Crippen LogP contribution is 2.39. The molecule has 0 saturated heterocycles. The van der Waals surface area contributed by atoms with E-state index in [9.17, 15) is 31.1 Å². The van der Waals surface area contributed by atoms with Crippen LogP contribution in [0.15, 0.2) is 12.2 Å². The van der Waals surface area contributed by atoms with Crippen LogP contribution >= 0.6 is 0 Å². The lowest BCUT2D eigenvalue weighted by atomic mass is 10.2. The van der Waals surface area contributed by atoms with Crippen molar-refractivity contribution in [3.63, 3.8) is 0 Å². The molecule has 0 heterocycles. The van der Waals surface area contributed by atoms with Gasteiger partial charge in [-0.15, -0.1) is 0 Å². The summed E-state index contributed by atoms with van der Waals surface area (Å²) in [7, 11) is 0. The summed E-state index contributed by atoms with van der Waals surface area (Å²) >= 11 is 0. The van der Waals surface area contributed by atoms with Crippen molar-refractivity contribution >= 4 is 5.97 Å². The number of hydrogen-bond acceptors (Lipinski definition) is 2. The lowest BCUT2D eigenvalue weighted by molar-refractivity contribution is -0.289. The SMILES string of the molecule is C=C(C)C(=O)OC(F)C(F)(F)C(F)(F)CF. The first-order chi connectivity index (χ1) is 7.06. The average molecular weight is 250 g/mol. The maximum Gasteiger partial charge on any atom is 0.377 e. The number of hydrogen-bond donors (Lipinski definition) is 0. The molecule has 0 saturated carbocycles. The largest absolute Gasteiger partial charge is 0.421 e. The van der Waals surface area contributed by atoms with Crippen LogP contribution in [0.3, 0.4) is 0 Å². The van der Waals surface area contributed by atoms with Crippen molar-refractivity contribution in [2.45, 2.75) is 25.1 Å². The molecule has 8 heteroatoms. The van der Waals surface area contributed by atoms with Gasteiger partial charge in [0.05, 0.1) is 0 Å². The van der Waals surface area contributed by atoms with Gasteiger partial charge in [-0.05, 0) is 6.92 Å². The van der Waals surface area contributed by atoms with Crippen molar-refractivity contribution in [3.05, 3.63) is 12.2 Å². The summed E-state index contributed by atoms with van der Waals surface area (Å²) in [4.78, 5) is 10.6. The van der Waals surface area contributed by atoms with Gasteiger partial charge >= 0.3 is 24.2 Å². The monoisotopic (exact) mass is 250 g/mol. The molecule has 1 unspecified atom stereocenters. The molecule has 94 valence electrons. The first-order valence-corrected chi connectivity index (χ1v) is 3.88. The smallest absolute Gasteiger partial charge is 0.377 e. The Balaban J connectivity index is 4.77. The van der Waals surface area contributed by atoms with Gasteiger partial charge in [-0.1, -0.05) is 6.58 Å². The van der Waals surface area contributed by atoms with Crippen molar-refractivity contribution in [1.29, 1.82) is 0 Å². The van der Waals surface area contributed by atoms with Gasteiger partial charge in [-0.2, -0.15) is 22.0 Å². The molecular weight excluding hydrogens is 242 g/mol. The van der Waals surface area contributed by atoms with Crippen LogP contribution in [0.25, 0.3) is 0 Å². The molecule has 0 aliphatic carbocycles. The predicted octanol–water partition coefficient (Wildman–Crippen LogP) is 2.64. The molecule has 0 fully saturated rings. The van der Waals surface area contributed by atoms with E-state index in [1.807, 2.05) is 0 Å². The van der Waals surface area contributed by atoms with Crippen molar-refractivity contribution in [2.75, 3.05) is 6.67 Å². The summed E-state index contributed by atoms with van der Waals surface area (Å²) in [5, 5.41) is 0. The van der Waals surface area contributed by atoms with E-state index in [0.29, 0.717) is 0 Å². The number of esters is 1. The molecule has 0 aliphatic rings. The molecule has 0 radical (unpaired) electrons. The fraction of sp³-hybridized carbons (Fsp3) is 0.625. The number of rotatable bonds is 5. The molecule has 0 aromatic rings. The first kappa shape index (κ1) is 14.8. The Kier molecular flexibility index (Phi) is 4.39. The summed E-state index contributed by atoms with van der Waals surface area (Å²) in [5.41, 5.74) is -0.456. The van der Waals surface area contributed by atoms with Gasteiger partial charge < -0.3 is 4.74 Å². The van der Waals surface area contributed by atoms with E-state index in [1.54, 1.807) is 0 Å². The number of halogens is 6. The lowest BCUT2D eigenvalue weighted by Crippen LogP contribution is -2.50. The van der Waals surface area contributed by atoms with E-state index in [0.717, 1.165) is 6.92 Å². The Morgan fingerprint density at radius 2 is 1.81 bits per heavy atom. The molecule has 0 rings (SSSR count). The molecule has 0 bridgehead atoms. The van der Waals surface area contributed by atoms with E-state index in [2.05, 4.69) is 11.3 Å². The van der Waals surface area contributed by atoms with Crippen LogP contribution in [0, 0.1) is 0 Å². The Hall–Kier alpha value is -1.21. The molecular formula is C8H8F6O2. The van der Waals surface area contributed by atoms with E-state index in [4.69, 9.17) is 0 Å². The van der Waals surface area contributed by atoms with Gasteiger partial charge in [0.15, 0.2) is 6.67 Å². The van der Waals surface area contributed by atoms with E-state index >= 15 is 0 Å². The van der Waals surface area contributed by atoms with Crippen molar-refractivity contribution in [2.24, 2.45) is 0 Å². The molecule has 16 heavy (non-hydrogen) atoms. The standard InChI is InChI=1S/C8H8F6O2/c1-4(2)5(15)16-6(10)8(13,14)7(11,12)3-9/h6H,1,3H2,2H3. The molecule has 0 amide bonds. The van der Waals surface area contributed by atoms with Gasteiger partial charge in [0, 0.05) is 5.57 Å². The molecule has 0 aromatic carbocycles. The zero-order chi connectivity index (χ0) is 13.1. The van der Waals surface area contributed by atoms with Gasteiger partial charge in [0.1, 0.15) is 0 Å². The van der Waals surface area contributed by atoms with Crippen LogP contribution in [0.1, 0.15) is 6.92 Å². The van der Waals surface area contributed by atoms with Crippen LogP contribution in [0.2, 0.25) is 0 Å². The molecule has 1 atom stereocenters. The second kappa shape index (κ2) is 4.75. The molecule has 0 spiro atoms. The van der Waals surface area contributed by atoms with Crippen LogP contribution in [-0.2, 0) is 9.53 Å². The highest BCUT2D eigenvalue weighted by atomic mass is 19.3. The summed E-state index contributed by atoms with van der Waals surface area (Å²) < 4.78 is 77.1. The van der Waals surface area contributed by atoms with Crippen LogP contribution in [0.4, 0.5) is 26.3 Å². The van der Waals surface area contributed by atoms with Gasteiger partial charge in [0.25, 0.3) is 0 Å². The van der Waals surface area contributed by atoms with Crippen LogP contribution in [0.5, 0.6) is 0 Å². The summed E-state index contributed by atoms with van der Waals surface area (Å²) in [6.45, 7) is 1.15. The number of carbonyl (C=O) groups excluding carboxylic acids is 1. The van der Waals surface area contributed by atoms with Crippen molar-refractivity contribution in [3.8, 4) is 0 Å². The maximum absolute atomic E-state index is 12.6. The Bertz CT molecular complexity index is 288. The topological polar surface area (TPSA) is 26.3 Å². The third kappa shape index (κ3) is 2.89. The van der Waals surface area contributed by atoms with Crippen LogP contribution in [-0.4, -0.2) is 30.8 Å². The second-order valence-corrected chi connectivity index (χ2v) is 2.96. The van der Waals surface area contributed by atoms with Crippen LogP contribution < -0.4 is 0 Å². The summed E-state index contributed by atoms with van der Waals surface area (Å²) in [6.07, 6.45) is -3.94. The van der Waals surface area contributed by atoms with E-state index in [-0.39, 0.29) is 0 Å². The third-order valence-corrected chi connectivity index (χ3v) is 1.50. The zero-order valence-electron chi connectivity index (χ0n) is 8.08. The molecule has 0 N–H and O–H groups in total. The zero-order valence-corrected chi connectivity index (χ0v) is 8.08. The normalized spacial score (nSPS) is 14.4. The maximum atomic E-state index is 12.6. The minimum Gasteiger partial charge on any atom is -0.421 e. The summed E-state index contributed by atoms with van der Waals surface area (Å²) in [6, 6.07) is 0. The highest BCUT2D eigenvalue weighted by Gasteiger charge is 2.64. The molecule has 2 nitrogen and oxygen atoms in total. The summed E-state index contributed by atoms with van der Waals surface area (Å²) in [5.74, 6) is -12.3. The highest BCUT2D eigenvalue weighted by molar-refractivity contribution is 5.87. The van der Waals surface area contributed by atoms with E-state index in [1.165, 1.54) is 0 Å². The number of carbonyl (C=O) groups is 1. The quantitative estimate of drug-likeness (QED) is 0.426. The van der Waals surface area contributed by atoms with Crippen molar-refractivity contribution in [1.82, 2.24) is 0 Å². The third-order valence-electron chi connectivity index (χ3n) is 1.50. The lowest BCUT2D eigenvalue weighted by Gasteiger charge is -2.26. The minimum absolute atomic E-state index is 0.456. The number of ether oxygens (including phenoxy) is 1. The van der Waals surface area contributed by atoms with Gasteiger partial charge in [-0.25, -0.2) is 9.18 Å². The Labute approximate surface area is 86.9 Å². The fourth-order valence-corrected chi connectivity index (χ4v) is 0.524. The average Bonchev–Trinajstić information content (AvgIpc) is 2.16. The van der Waals surface area contributed by atoms with Gasteiger partial charge in [-0.3, -0.25) is 0 Å². The van der Waals surface area contributed by atoms with Gasteiger partial charge in [0.2, 0.25) is 0 Å². The Morgan fingerprint density at radius 1 is 1.38 bits per heavy atom. The minimum atomic E-state index is -5.44. The molecule has 0 aromatic heterocycles. The van der Waals surface area contributed by atoms with Crippen molar-refractivity contribution < 1.29 is 35.9 Å². The Morgan fingerprint density at radius 3 is 2.12 bits per heavy atom. The number of alkyl halides is 6. The first-order valence-electron chi connectivity index (χ1n) is 3.88.